The highest BCUT2D eigenvalue weighted by Gasteiger charge is 2.11. The predicted octanol–water partition coefficient (Wildman–Crippen LogP) is 4.96. The molecule has 4 rings (SSSR count). The third-order valence-corrected chi connectivity index (χ3v) is 4.37. The highest BCUT2D eigenvalue weighted by molar-refractivity contribution is 6.32. The van der Waals surface area contributed by atoms with E-state index in [4.69, 9.17) is 16.0 Å². The fraction of sp³-hybridized carbons (Fsp3) is 0.105. The van der Waals surface area contributed by atoms with Gasteiger partial charge in [0, 0.05) is 29.2 Å². The van der Waals surface area contributed by atoms with Crippen LogP contribution in [0.2, 0.25) is 5.02 Å². The first-order valence-electron chi connectivity index (χ1n) is 8.62. The van der Waals surface area contributed by atoms with Gasteiger partial charge >= 0.3 is 12.4 Å². The monoisotopic (exact) mass is 433 g/mol. The van der Waals surface area contributed by atoms with Gasteiger partial charge in [0.2, 0.25) is 5.95 Å². The van der Waals surface area contributed by atoms with Crippen molar-refractivity contribution in [2.24, 2.45) is 0 Å². The first-order chi connectivity index (χ1) is 14.4. The van der Waals surface area contributed by atoms with Crippen LogP contribution in [0.3, 0.4) is 0 Å². The predicted molar refractivity (Wildman–Crippen MR) is 108 cm³/mol. The lowest BCUT2D eigenvalue weighted by molar-refractivity contribution is -0.0497. The van der Waals surface area contributed by atoms with Crippen LogP contribution in [0, 0.1) is 6.92 Å². The average molecular weight is 434 g/mol. The minimum atomic E-state index is -2.99. The molecule has 0 fully saturated rings. The third kappa shape index (κ3) is 4.33. The molecular weight excluding hydrogens is 420 g/mol. The Balaban J connectivity index is 1.57. The number of aryl methyl sites for hydroxylation is 1. The molecule has 0 aliphatic rings. The van der Waals surface area contributed by atoms with Crippen molar-refractivity contribution in [3.63, 3.8) is 0 Å². The second-order valence-corrected chi connectivity index (χ2v) is 6.63. The van der Waals surface area contributed by atoms with Crippen LogP contribution < -0.4 is 21.1 Å². The molecule has 4 aromatic rings. The molecule has 8 nitrogen and oxygen atoms in total. The van der Waals surface area contributed by atoms with Crippen molar-refractivity contribution in [1.29, 1.82) is 0 Å². The molecule has 0 radical (unpaired) electrons. The molecule has 0 bridgehead atoms. The summed E-state index contributed by atoms with van der Waals surface area (Å²) < 4.78 is 34.4. The van der Waals surface area contributed by atoms with Crippen molar-refractivity contribution in [2.75, 3.05) is 10.6 Å². The van der Waals surface area contributed by atoms with Crippen LogP contribution >= 0.6 is 11.6 Å². The molecule has 30 heavy (non-hydrogen) atoms. The number of benzene rings is 2. The van der Waals surface area contributed by atoms with Gasteiger partial charge in [-0.1, -0.05) is 11.6 Å². The Morgan fingerprint density at radius 2 is 1.93 bits per heavy atom. The minimum Gasteiger partial charge on any atom is -0.433 e. The Hall–Kier alpha value is -3.66. The summed E-state index contributed by atoms with van der Waals surface area (Å²) in [7, 11) is 0. The summed E-state index contributed by atoms with van der Waals surface area (Å²) in [6.45, 7) is -1.17. The van der Waals surface area contributed by atoms with E-state index in [0.29, 0.717) is 28.3 Å². The van der Waals surface area contributed by atoms with Gasteiger partial charge in [-0.25, -0.2) is 9.78 Å². The Morgan fingerprint density at radius 1 is 1.17 bits per heavy atom. The number of hydrogen-bond acceptors (Lipinski definition) is 7. The van der Waals surface area contributed by atoms with E-state index in [1.807, 2.05) is 6.92 Å². The third-order valence-electron chi connectivity index (χ3n) is 4.06. The number of H-pyrrole nitrogens is 1. The normalized spacial score (nSPS) is 11.1. The highest BCUT2D eigenvalue weighted by atomic mass is 35.5. The number of oxazole rings is 1. The number of nitrogens with zero attached hydrogens (tertiary/aromatic N) is 2. The van der Waals surface area contributed by atoms with Gasteiger partial charge < -0.3 is 19.8 Å². The van der Waals surface area contributed by atoms with Gasteiger partial charge in [-0.15, -0.1) is 0 Å². The fourth-order valence-corrected chi connectivity index (χ4v) is 2.85. The van der Waals surface area contributed by atoms with E-state index < -0.39 is 12.4 Å². The van der Waals surface area contributed by atoms with Crippen molar-refractivity contribution in [2.45, 2.75) is 13.5 Å². The summed E-state index contributed by atoms with van der Waals surface area (Å²) in [4.78, 5) is 22.5. The van der Waals surface area contributed by atoms with Crippen LogP contribution in [0.25, 0.3) is 11.1 Å². The smallest absolute Gasteiger partial charge is 0.417 e. The zero-order valence-corrected chi connectivity index (χ0v) is 16.1. The van der Waals surface area contributed by atoms with E-state index in [2.05, 4.69) is 30.3 Å². The average Bonchev–Trinajstić information content (AvgIpc) is 3.06. The summed E-state index contributed by atoms with van der Waals surface area (Å²) in [6.07, 6.45) is 1.60. The molecule has 0 atom stereocenters. The summed E-state index contributed by atoms with van der Waals surface area (Å²) >= 11 is 5.87. The molecule has 0 aliphatic heterocycles. The molecule has 0 aliphatic carbocycles. The number of halogens is 3. The van der Waals surface area contributed by atoms with Crippen LogP contribution in [-0.2, 0) is 0 Å². The van der Waals surface area contributed by atoms with E-state index in [1.54, 1.807) is 30.5 Å². The summed E-state index contributed by atoms with van der Waals surface area (Å²) in [6, 6.07) is 9.44. The van der Waals surface area contributed by atoms with Crippen LogP contribution in [0.4, 0.5) is 31.9 Å². The molecule has 0 saturated carbocycles. The maximum absolute atomic E-state index is 12.5. The van der Waals surface area contributed by atoms with Crippen molar-refractivity contribution in [3.8, 4) is 5.75 Å². The Labute approximate surface area is 172 Å². The number of aromatic nitrogens is 3. The Kier molecular flexibility index (Phi) is 5.23. The minimum absolute atomic E-state index is 0.0562. The number of hydrogen-bond donors (Lipinski definition) is 3. The summed E-state index contributed by atoms with van der Waals surface area (Å²) in [5.41, 5.74) is 2.84. The quantitative estimate of drug-likeness (QED) is 0.394. The van der Waals surface area contributed by atoms with Crippen molar-refractivity contribution >= 4 is 45.8 Å². The van der Waals surface area contributed by atoms with Gasteiger partial charge in [0.1, 0.15) is 11.6 Å². The molecule has 0 unspecified atom stereocenters. The Bertz CT molecular complexity index is 1270. The van der Waals surface area contributed by atoms with E-state index in [0.717, 1.165) is 5.56 Å². The number of fused-ring (bicyclic) bond motifs is 1. The largest absolute Gasteiger partial charge is 0.433 e. The molecule has 0 saturated heterocycles. The van der Waals surface area contributed by atoms with E-state index in [9.17, 15) is 13.6 Å². The maximum atomic E-state index is 12.5. The lowest BCUT2D eigenvalue weighted by Gasteiger charge is -2.12. The van der Waals surface area contributed by atoms with E-state index in [1.165, 1.54) is 12.1 Å². The molecule has 0 amide bonds. The lowest BCUT2D eigenvalue weighted by Crippen LogP contribution is -2.04. The van der Waals surface area contributed by atoms with Crippen LogP contribution in [0.15, 0.2) is 51.8 Å². The second kappa shape index (κ2) is 7.99. The topological polar surface area (TPSA) is 105 Å². The van der Waals surface area contributed by atoms with Gasteiger partial charge in [-0.05, 0) is 37.3 Å². The highest BCUT2D eigenvalue weighted by Crippen LogP contribution is 2.30. The summed E-state index contributed by atoms with van der Waals surface area (Å²) in [5, 5.41) is 6.13. The first kappa shape index (κ1) is 19.6. The molecule has 2 aromatic heterocycles. The first-order valence-corrected chi connectivity index (χ1v) is 9.00. The maximum Gasteiger partial charge on any atom is 0.417 e. The van der Waals surface area contributed by atoms with Crippen LogP contribution in [0.1, 0.15) is 5.56 Å². The van der Waals surface area contributed by atoms with E-state index >= 15 is 0 Å². The van der Waals surface area contributed by atoms with Gasteiger partial charge in [-0.2, -0.15) is 13.8 Å². The number of rotatable bonds is 6. The molecule has 0 spiro atoms. The summed E-state index contributed by atoms with van der Waals surface area (Å²) in [5.74, 6) is 0.0384. The molecular formula is C19H14ClF2N5O3. The number of nitrogens with one attached hydrogen (secondary N) is 3. The van der Waals surface area contributed by atoms with Crippen molar-refractivity contribution in [1.82, 2.24) is 15.0 Å². The SMILES string of the molecule is Cc1cnc(Nc2ccc(Cl)c(OC(F)F)c2)nc1Nc1ccc2oc(=O)[nH]c2c1. The van der Waals surface area contributed by atoms with Crippen LogP contribution in [0.5, 0.6) is 5.75 Å². The number of aromatic amines is 1. The number of ether oxygens (including phenoxy) is 1. The van der Waals surface area contributed by atoms with E-state index in [-0.39, 0.29) is 16.7 Å². The molecule has 11 heteroatoms. The van der Waals surface area contributed by atoms with Crippen molar-refractivity contribution < 1.29 is 17.9 Å². The standard InChI is InChI=1S/C19H14ClF2N5O3/c1-9-8-23-18(25-11-2-4-12(20)15(7-11)29-17(21)22)27-16(9)24-10-3-5-14-13(6-10)26-19(28)30-14/h2-8,17H,1H3,(H,26,28)(H2,23,24,25,27). The zero-order valence-electron chi connectivity index (χ0n) is 15.4. The number of alkyl halides is 2. The molecule has 3 N–H and O–H groups in total. The zero-order chi connectivity index (χ0) is 21.3. The fourth-order valence-electron chi connectivity index (χ4n) is 2.69. The number of anilines is 4. The van der Waals surface area contributed by atoms with Crippen molar-refractivity contribution in [3.05, 3.63) is 63.7 Å². The van der Waals surface area contributed by atoms with Gasteiger partial charge in [0.15, 0.2) is 5.58 Å². The van der Waals surface area contributed by atoms with Gasteiger partial charge in [0.05, 0.1) is 10.5 Å². The van der Waals surface area contributed by atoms with Gasteiger partial charge in [-0.3, -0.25) is 4.98 Å². The molecule has 154 valence electrons. The second-order valence-electron chi connectivity index (χ2n) is 6.22. The lowest BCUT2D eigenvalue weighted by atomic mass is 10.2. The van der Waals surface area contributed by atoms with Gasteiger partial charge in [0.25, 0.3) is 0 Å². The Morgan fingerprint density at radius 3 is 2.73 bits per heavy atom. The van der Waals surface area contributed by atoms with Crippen LogP contribution in [-0.4, -0.2) is 21.6 Å². The molecule has 2 aromatic carbocycles. The molecule has 2 heterocycles.